The number of nitrogens with zero attached hydrogens (tertiary/aromatic N) is 1. The van der Waals surface area contributed by atoms with Crippen molar-refractivity contribution >= 4 is 31.5 Å². The summed E-state index contributed by atoms with van der Waals surface area (Å²) in [6.07, 6.45) is 5.78. The first-order chi connectivity index (χ1) is 19.0. The summed E-state index contributed by atoms with van der Waals surface area (Å²) in [5.41, 5.74) is 8.93. The summed E-state index contributed by atoms with van der Waals surface area (Å²) in [6.45, 7) is 21.9. The van der Waals surface area contributed by atoms with Gasteiger partial charge in [0.1, 0.15) is 4.70 Å². The molecule has 0 fully saturated rings. The van der Waals surface area contributed by atoms with E-state index in [1.54, 1.807) is 18.2 Å². The van der Waals surface area contributed by atoms with Crippen LogP contribution < -0.4 is 9.88 Å². The van der Waals surface area contributed by atoms with Gasteiger partial charge in [-0.15, -0.1) is 11.3 Å². The van der Waals surface area contributed by atoms with E-state index < -0.39 is 0 Å². The zero-order valence-corrected chi connectivity index (χ0v) is 26.4. The highest BCUT2D eigenvalue weighted by Gasteiger charge is 2.44. The van der Waals surface area contributed by atoms with Gasteiger partial charge < -0.3 is 10.1 Å². The minimum absolute atomic E-state index is 0.0452. The second kappa shape index (κ2) is 9.70. The lowest BCUT2D eigenvalue weighted by Crippen LogP contribution is -2.49. The van der Waals surface area contributed by atoms with Crippen LogP contribution in [0.5, 0.6) is 0 Å². The lowest BCUT2D eigenvalue weighted by Gasteiger charge is -2.42. The molecule has 0 radical (unpaired) electrons. The van der Waals surface area contributed by atoms with Crippen LogP contribution >= 0.6 is 11.3 Å². The number of hydrogen-bond donors (Lipinski definition) is 1. The van der Waals surface area contributed by atoms with E-state index in [0.29, 0.717) is 6.04 Å². The highest BCUT2D eigenvalue weighted by Crippen LogP contribution is 2.54. The maximum Gasteiger partial charge on any atom is 0.231 e. The number of aryl methyl sites for hydroxylation is 1. The standard InChI is InChI=1S/C36H45N2OS/c1-21(2)37-18-14-26-24-12-10-11-13-25(24)32-33-27(15-19-38(32)31(26)23(4)39-9)29-22(3)20-28-30(34(29)40-33)36(7,8)17-16-35(28,5)6/h10-13,15,19-21,26,31,37H,4,14,16-18H2,1-3,5-9H3/q+1. The third kappa shape index (κ3) is 4.13. The average molecular weight is 554 g/mol. The molecule has 0 bridgehead atoms. The van der Waals surface area contributed by atoms with Gasteiger partial charge in [0.05, 0.1) is 18.6 Å². The molecule has 1 aliphatic carbocycles. The average Bonchev–Trinajstić information content (AvgIpc) is 3.30. The molecule has 3 nitrogen and oxygen atoms in total. The molecular formula is C36H45N2OS+. The monoisotopic (exact) mass is 553 g/mol. The molecule has 1 N–H and O–H groups in total. The number of benzene rings is 2. The van der Waals surface area contributed by atoms with Crippen LogP contribution in [0.2, 0.25) is 0 Å². The second-order valence-electron chi connectivity index (χ2n) is 13.7. The van der Waals surface area contributed by atoms with Crippen molar-refractivity contribution in [2.24, 2.45) is 0 Å². The van der Waals surface area contributed by atoms with Gasteiger partial charge in [0, 0.05) is 27.6 Å². The molecule has 0 amide bonds. The van der Waals surface area contributed by atoms with Crippen LogP contribution in [-0.4, -0.2) is 19.7 Å². The number of allylic oxidation sites excluding steroid dienone is 1. The number of hydrogen-bond acceptors (Lipinski definition) is 3. The molecule has 2 aromatic heterocycles. The van der Waals surface area contributed by atoms with Gasteiger partial charge in [-0.2, -0.15) is 4.57 Å². The van der Waals surface area contributed by atoms with Gasteiger partial charge >= 0.3 is 0 Å². The van der Waals surface area contributed by atoms with Crippen molar-refractivity contribution in [2.75, 3.05) is 13.7 Å². The lowest BCUT2D eigenvalue weighted by molar-refractivity contribution is -0.711. The molecular weight excluding hydrogens is 508 g/mol. The molecule has 4 aromatic rings. The quantitative estimate of drug-likeness (QED) is 0.191. The zero-order chi connectivity index (χ0) is 28.6. The van der Waals surface area contributed by atoms with Crippen molar-refractivity contribution < 1.29 is 9.30 Å². The van der Waals surface area contributed by atoms with Gasteiger partial charge in [-0.3, -0.25) is 0 Å². The normalized spacial score (nSPS) is 20.8. The molecule has 0 spiro atoms. The molecule has 2 atom stereocenters. The topological polar surface area (TPSA) is 25.1 Å². The van der Waals surface area contributed by atoms with E-state index in [2.05, 4.69) is 108 Å². The van der Waals surface area contributed by atoms with Crippen molar-refractivity contribution in [1.82, 2.24) is 5.32 Å². The first-order valence-electron chi connectivity index (χ1n) is 15.0. The number of thiophene rings is 1. The number of pyridine rings is 1. The summed E-state index contributed by atoms with van der Waals surface area (Å²) in [4.78, 5) is 0. The number of aromatic nitrogens is 1. The van der Waals surface area contributed by atoms with E-state index in [1.165, 1.54) is 55.4 Å². The zero-order valence-electron chi connectivity index (χ0n) is 25.6. The molecule has 4 heteroatoms. The smallest absolute Gasteiger partial charge is 0.231 e. The fraction of sp³-hybridized carbons (Fsp3) is 0.472. The summed E-state index contributed by atoms with van der Waals surface area (Å²) in [7, 11) is 1.77. The van der Waals surface area contributed by atoms with Crippen LogP contribution in [-0.2, 0) is 15.6 Å². The number of methoxy groups -OCH3 is 1. The molecule has 2 aromatic carbocycles. The fourth-order valence-electron chi connectivity index (χ4n) is 7.50. The van der Waals surface area contributed by atoms with Crippen LogP contribution in [0.4, 0.5) is 0 Å². The Morgan fingerprint density at radius 3 is 2.55 bits per heavy atom. The lowest BCUT2D eigenvalue weighted by atomic mass is 9.62. The molecule has 210 valence electrons. The molecule has 0 saturated carbocycles. The highest BCUT2D eigenvalue weighted by molar-refractivity contribution is 7.26. The van der Waals surface area contributed by atoms with E-state index in [9.17, 15) is 0 Å². The van der Waals surface area contributed by atoms with Crippen LogP contribution in [0.3, 0.4) is 0 Å². The van der Waals surface area contributed by atoms with Gasteiger partial charge in [-0.05, 0) is 71.9 Å². The predicted molar refractivity (Wildman–Crippen MR) is 171 cm³/mol. The molecule has 2 aliphatic rings. The first kappa shape index (κ1) is 27.5. The second-order valence-corrected chi connectivity index (χ2v) is 14.7. The Morgan fingerprint density at radius 2 is 1.82 bits per heavy atom. The van der Waals surface area contributed by atoms with Crippen LogP contribution in [0.1, 0.15) is 95.0 Å². The maximum atomic E-state index is 5.90. The highest BCUT2D eigenvalue weighted by atomic mass is 32.1. The van der Waals surface area contributed by atoms with Crippen molar-refractivity contribution in [3.63, 3.8) is 0 Å². The number of nitrogens with one attached hydrogen (secondary N) is 1. The largest absolute Gasteiger partial charge is 0.495 e. The summed E-state index contributed by atoms with van der Waals surface area (Å²) in [6, 6.07) is 14.4. The molecule has 2 unspecified atom stereocenters. The molecule has 1 aliphatic heterocycles. The van der Waals surface area contributed by atoms with E-state index in [0.717, 1.165) is 18.7 Å². The number of fused-ring (bicyclic) bond motifs is 9. The van der Waals surface area contributed by atoms with E-state index in [1.807, 2.05) is 11.3 Å². The van der Waals surface area contributed by atoms with Crippen LogP contribution in [0.25, 0.3) is 31.4 Å². The minimum Gasteiger partial charge on any atom is -0.495 e. The minimum atomic E-state index is 0.0452. The van der Waals surface area contributed by atoms with E-state index in [4.69, 9.17) is 4.74 Å². The SMILES string of the molecule is C=C(OC)C1C(CCNC(C)C)c2ccccc2-c2c3sc4c5c(cc(C)c4c3cc[n+]21)C(C)(C)CCC5(C)C. The maximum absolute atomic E-state index is 5.90. The van der Waals surface area contributed by atoms with Gasteiger partial charge in [0.15, 0.2) is 12.0 Å². The van der Waals surface area contributed by atoms with Crippen LogP contribution in [0.15, 0.2) is 54.9 Å². The van der Waals surface area contributed by atoms with E-state index in [-0.39, 0.29) is 22.8 Å². The molecule has 3 heterocycles. The Hall–Kier alpha value is -2.69. The predicted octanol–water partition coefficient (Wildman–Crippen LogP) is 8.85. The van der Waals surface area contributed by atoms with Gasteiger partial charge in [0.25, 0.3) is 0 Å². The Balaban J connectivity index is 1.66. The third-order valence-corrected chi connectivity index (χ3v) is 11.0. The van der Waals surface area contributed by atoms with Crippen molar-refractivity contribution in [2.45, 2.75) is 96.6 Å². The Labute approximate surface area is 244 Å². The first-order valence-corrected chi connectivity index (χ1v) is 15.8. The van der Waals surface area contributed by atoms with E-state index >= 15 is 0 Å². The third-order valence-electron chi connectivity index (χ3n) is 9.75. The van der Waals surface area contributed by atoms with Crippen molar-refractivity contribution in [1.29, 1.82) is 0 Å². The molecule has 0 saturated heterocycles. The van der Waals surface area contributed by atoms with Crippen molar-refractivity contribution in [3.8, 4) is 11.3 Å². The summed E-state index contributed by atoms with van der Waals surface area (Å²) >= 11 is 2.01. The van der Waals surface area contributed by atoms with Gasteiger partial charge in [-0.25, -0.2) is 0 Å². The van der Waals surface area contributed by atoms with Gasteiger partial charge in [-0.1, -0.05) is 72.4 Å². The Morgan fingerprint density at radius 1 is 1.10 bits per heavy atom. The molecule has 6 rings (SSSR count). The summed E-state index contributed by atoms with van der Waals surface area (Å²) in [5, 5.41) is 6.46. The Bertz CT molecular complexity index is 1640. The fourth-order valence-corrected chi connectivity index (χ4v) is 9.16. The summed E-state index contributed by atoms with van der Waals surface area (Å²) in [5.74, 6) is 1.11. The van der Waals surface area contributed by atoms with Crippen LogP contribution in [0, 0.1) is 6.92 Å². The van der Waals surface area contributed by atoms with Crippen molar-refractivity contribution in [3.05, 3.63) is 77.2 Å². The number of ether oxygens (including phenoxy) is 1. The van der Waals surface area contributed by atoms with Gasteiger partial charge in [0.2, 0.25) is 11.7 Å². The number of rotatable bonds is 6. The Kier molecular flexibility index (Phi) is 6.66. The summed E-state index contributed by atoms with van der Waals surface area (Å²) < 4.78 is 11.2. The molecule has 40 heavy (non-hydrogen) atoms.